The van der Waals surface area contributed by atoms with Gasteiger partial charge in [0.15, 0.2) is 0 Å². The van der Waals surface area contributed by atoms with Crippen LogP contribution in [0.3, 0.4) is 0 Å². The van der Waals surface area contributed by atoms with Gasteiger partial charge in [-0.3, -0.25) is 0 Å². The Bertz CT molecular complexity index is 522. The Labute approximate surface area is 337 Å². The number of hydrogen-bond acceptors (Lipinski definition) is 0. The van der Waals surface area contributed by atoms with Gasteiger partial charge in [0.05, 0.1) is 0 Å². The zero-order valence-corrected chi connectivity index (χ0v) is 37.5. The Morgan fingerprint density at radius 1 is 0.154 bits per heavy atom. The molecule has 1 heteroatoms. The van der Waals surface area contributed by atoms with Crippen molar-refractivity contribution >= 4 is 11.6 Å². The quantitative estimate of drug-likeness (QED) is 0.0429. The Balaban J connectivity index is 3.04. The minimum absolute atomic E-state index is 0.847. The first kappa shape index (κ1) is 52.3. The van der Waals surface area contributed by atoms with Gasteiger partial charge in [-0.05, 0) is 6.42 Å². The maximum absolute atomic E-state index is 5.75. The van der Waals surface area contributed by atoms with E-state index in [1.54, 1.807) is 0 Å². The fourth-order valence-electron chi connectivity index (χ4n) is 8.48. The van der Waals surface area contributed by atoms with Crippen LogP contribution in [0, 0.1) is 0 Å². The van der Waals surface area contributed by atoms with E-state index in [1.165, 1.54) is 315 Å². The summed E-state index contributed by atoms with van der Waals surface area (Å²) in [6.45, 7) is 2.31. The summed E-state index contributed by atoms with van der Waals surface area (Å²) in [6, 6.07) is 0. The second-order valence-electron chi connectivity index (χ2n) is 17.7. The van der Waals surface area contributed by atoms with Crippen molar-refractivity contribution in [2.45, 2.75) is 322 Å². The molecule has 0 rings (SSSR count). The van der Waals surface area contributed by atoms with Gasteiger partial charge in [-0.1, -0.05) is 315 Å². The van der Waals surface area contributed by atoms with Gasteiger partial charge in [-0.2, -0.15) is 0 Å². The van der Waals surface area contributed by atoms with E-state index in [0.29, 0.717) is 0 Å². The molecule has 0 aromatic rings. The Hall–Kier alpha value is 0.290. The molecular formula is C51H103Cl. The van der Waals surface area contributed by atoms with E-state index in [4.69, 9.17) is 11.6 Å². The molecule has 0 unspecified atom stereocenters. The summed E-state index contributed by atoms with van der Waals surface area (Å²) < 4.78 is 0. The lowest BCUT2D eigenvalue weighted by molar-refractivity contribution is 0.508. The summed E-state index contributed by atoms with van der Waals surface area (Å²) in [7, 11) is 0. The fourth-order valence-corrected chi connectivity index (χ4v) is 8.67. The van der Waals surface area contributed by atoms with Gasteiger partial charge in [0.1, 0.15) is 0 Å². The van der Waals surface area contributed by atoms with Crippen LogP contribution in [-0.4, -0.2) is 5.88 Å². The largest absolute Gasteiger partial charge is 0.127 e. The molecule has 0 saturated carbocycles. The van der Waals surface area contributed by atoms with Crippen molar-refractivity contribution in [1.82, 2.24) is 0 Å². The van der Waals surface area contributed by atoms with Gasteiger partial charge in [0.2, 0.25) is 0 Å². The van der Waals surface area contributed by atoms with E-state index in [-0.39, 0.29) is 0 Å². The minimum Gasteiger partial charge on any atom is -0.127 e. The highest BCUT2D eigenvalue weighted by Gasteiger charge is 1.99. The normalized spacial score (nSPS) is 11.7. The summed E-state index contributed by atoms with van der Waals surface area (Å²) in [6.07, 6.45) is 72.2. The van der Waals surface area contributed by atoms with Gasteiger partial charge in [0, 0.05) is 5.88 Å². The molecule has 0 bridgehead atoms. The van der Waals surface area contributed by atoms with E-state index in [9.17, 15) is 0 Å². The Morgan fingerprint density at radius 2 is 0.250 bits per heavy atom. The molecule has 0 aromatic heterocycles. The maximum atomic E-state index is 5.75. The maximum Gasteiger partial charge on any atom is 0.0223 e. The van der Waals surface area contributed by atoms with Crippen LogP contribution in [0.5, 0.6) is 0 Å². The molecule has 0 spiro atoms. The first-order valence-corrected chi connectivity index (χ1v) is 26.0. The predicted molar refractivity (Wildman–Crippen MR) is 243 cm³/mol. The average Bonchev–Trinajstić information content (AvgIpc) is 3.16. The van der Waals surface area contributed by atoms with Crippen LogP contribution in [0.25, 0.3) is 0 Å². The monoisotopic (exact) mass is 751 g/mol. The van der Waals surface area contributed by atoms with Gasteiger partial charge < -0.3 is 0 Å². The lowest BCUT2D eigenvalue weighted by Gasteiger charge is -2.05. The number of unbranched alkanes of at least 4 members (excludes halogenated alkanes) is 48. The van der Waals surface area contributed by atoms with Gasteiger partial charge in [-0.15, -0.1) is 11.6 Å². The molecule has 314 valence electrons. The van der Waals surface area contributed by atoms with E-state index in [0.717, 1.165) is 5.88 Å². The fraction of sp³-hybridized carbons (Fsp3) is 1.00. The molecule has 0 aromatic carbocycles. The lowest BCUT2D eigenvalue weighted by Crippen LogP contribution is -1.85. The molecule has 0 amide bonds. The van der Waals surface area contributed by atoms with Crippen molar-refractivity contribution in [3.63, 3.8) is 0 Å². The van der Waals surface area contributed by atoms with E-state index < -0.39 is 0 Å². The summed E-state index contributed by atoms with van der Waals surface area (Å²) in [4.78, 5) is 0. The number of halogens is 1. The molecule has 0 aliphatic rings. The molecule has 0 radical (unpaired) electrons. The third kappa shape index (κ3) is 50.3. The lowest BCUT2D eigenvalue weighted by atomic mass is 10.0. The van der Waals surface area contributed by atoms with E-state index in [2.05, 4.69) is 6.92 Å². The zero-order chi connectivity index (χ0) is 37.4. The van der Waals surface area contributed by atoms with Crippen LogP contribution in [0.15, 0.2) is 0 Å². The number of rotatable bonds is 49. The van der Waals surface area contributed by atoms with Crippen molar-refractivity contribution in [1.29, 1.82) is 0 Å². The van der Waals surface area contributed by atoms with Crippen LogP contribution in [0.2, 0.25) is 0 Å². The molecule has 0 atom stereocenters. The van der Waals surface area contributed by atoms with Gasteiger partial charge in [0.25, 0.3) is 0 Å². The molecule has 0 nitrogen and oxygen atoms in total. The highest BCUT2D eigenvalue weighted by atomic mass is 35.5. The minimum atomic E-state index is 0.847. The second kappa shape index (κ2) is 51.3. The van der Waals surface area contributed by atoms with Crippen LogP contribution < -0.4 is 0 Å². The molecule has 0 N–H and O–H groups in total. The van der Waals surface area contributed by atoms with Crippen LogP contribution in [0.1, 0.15) is 322 Å². The van der Waals surface area contributed by atoms with E-state index in [1.807, 2.05) is 0 Å². The van der Waals surface area contributed by atoms with Gasteiger partial charge in [-0.25, -0.2) is 0 Å². The van der Waals surface area contributed by atoms with Crippen molar-refractivity contribution in [2.24, 2.45) is 0 Å². The van der Waals surface area contributed by atoms with Gasteiger partial charge >= 0.3 is 0 Å². The van der Waals surface area contributed by atoms with Crippen LogP contribution >= 0.6 is 11.6 Å². The van der Waals surface area contributed by atoms with Crippen molar-refractivity contribution in [3.05, 3.63) is 0 Å². The second-order valence-corrected chi connectivity index (χ2v) is 18.0. The number of hydrogen-bond donors (Lipinski definition) is 0. The predicted octanol–water partition coefficient (Wildman–Crippen LogP) is 20.4. The van der Waals surface area contributed by atoms with Crippen molar-refractivity contribution < 1.29 is 0 Å². The topological polar surface area (TPSA) is 0 Å². The SMILES string of the molecule is CCCCCCCCCCCCCCCCCCCCCCCCCCCCCCCCCCCCCCCCCCCCCCCCCCCCl. The highest BCUT2D eigenvalue weighted by molar-refractivity contribution is 6.17. The standard InChI is InChI=1S/C51H103Cl/c1-2-3-4-5-6-7-8-9-10-11-12-13-14-15-16-17-18-19-20-21-22-23-24-25-26-27-28-29-30-31-32-33-34-35-36-37-38-39-40-41-42-43-44-45-46-47-48-49-50-51-52/h2-51H2,1H3. The smallest absolute Gasteiger partial charge is 0.0223 e. The average molecular weight is 752 g/mol. The van der Waals surface area contributed by atoms with Crippen LogP contribution in [0.4, 0.5) is 0 Å². The molecule has 0 saturated heterocycles. The first-order valence-electron chi connectivity index (χ1n) is 25.5. The summed E-state index contributed by atoms with van der Waals surface area (Å²) in [5.74, 6) is 0.847. The third-order valence-electron chi connectivity index (χ3n) is 12.2. The molecule has 52 heavy (non-hydrogen) atoms. The van der Waals surface area contributed by atoms with E-state index >= 15 is 0 Å². The molecule has 0 aliphatic carbocycles. The third-order valence-corrected chi connectivity index (χ3v) is 12.5. The summed E-state index contributed by atoms with van der Waals surface area (Å²) in [5.41, 5.74) is 0. The van der Waals surface area contributed by atoms with Crippen molar-refractivity contribution in [3.8, 4) is 0 Å². The molecule has 0 heterocycles. The summed E-state index contributed by atoms with van der Waals surface area (Å²) in [5, 5.41) is 0. The van der Waals surface area contributed by atoms with Crippen molar-refractivity contribution in [2.75, 3.05) is 5.88 Å². The zero-order valence-electron chi connectivity index (χ0n) is 36.7. The Morgan fingerprint density at radius 3 is 0.346 bits per heavy atom. The highest BCUT2D eigenvalue weighted by Crippen LogP contribution is 2.18. The molecule has 0 aliphatic heterocycles. The molecule has 0 fully saturated rings. The summed E-state index contributed by atoms with van der Waals surface area (Å²) >= 11 is 5.75. The Kier molecular flexibility index (Phi) is 51.6. The number of alkyl halides is 1. The first-order chi connectivity index (χ1) is 25.9. The molecular weight excluding hydrogens is 648 g/mol. The van der Waals surface area contributed by atoms with Crippen LogP contribution in [-0.2, 0) is 0 Å².